The Morgan fingerprint density at radius 1 is 1.31 bits per heavy atom. The monoisotopic (exact) mass is 402 g/mol. The number of anilines is 1. The van der Waals surface area contributed by atoms with Crippen molar-refractivity contribution in [3.8, 4) is 0 Å². The number of rotatable bonds is 3. The van der Waals surface area contributed by atoms with Crippen LogP contribution in [0.3, 0.4) is 0 Å². The minimum atomic E-state index is -0.564. The Bertz CT molecular complexity index is 963. The molecule has 3 rings (SSSR count). The zero-order valence-corrected chi connectivity index (χ0v) is 18.0. The van der Waals surface area contributed by atoms with Crippen molar-refractivity contribution in [3.63, 3.8) is 0 Å². The van der Waals surface area contributed by atoms with Gasteiger partial charge in [0, 0.05) is 19.1 Å². The van der Waals surface area contributed by atoms with E-state index >= 15 is 0 Å². The molecule has 0 radical (unpaired) electrons. The van der Waals surface area contributed by atoms with Gasteiger partial charge >= 0.3 is 6.09 Å². The van der Waals surface area contributed by atoms with Gasteiger partial charge in [0.1, 0.15) is 11.1 Å². The number of nitrogens with zero attached hydrogens (tertiary/aromatic N) is 5. The third-order valence-corrected chi connectivity index (χ3v) is 4.64. The minimum absolute atomic E-state index is 0.154. The summed E-state index contributed by atoms with van der Waals surface area (Å²) in [5.74, 6) is 0.464. The van der Waals surface area contributed by atoms with E-state index < -0.39 is 5.60 Å². The maximum absolute atomic E-state index is 12.8. The summed E-state index contributed by atoms with van der Waals surface area (Å²) < 4.78 is 7.16. The first-order chi connectivity index (χ1) is 13.5. The van der Waals surface area contributed by atoms with Gasteiger partial charge in [0.25, 0.3) is 5.56 Å². The number of hydrogen-bond acceptors (Lipinski definition) is 7. The zero-order chi connectivity index (χ0) is 21.3. The molecule has 0 aromatic carbocycles. The fourth-order valence-electron chi connectivity index (χ4n) is 3.49. The Hall–Kier alpha value is -2.71. The topological polar surface area (TPSA) is 102 Å². The molecule has 9 heteroatoms. The number of carbonyl (C=O) groups is 1. The summed E-state index contributed by atoms with van der Waals surface area (Å²) in [5.41, 5.74) is 0.984. The van der Waals surface area contributed by atoms with E-state index in [0.717, 1.165) is 12.8 Å². The summed E-state index contributed by atoms with van der Waals surface area (Å²) in [5, 5.41) is 3.19. The van der Waals surface area contributed by atoms with Gasteiger partial charge in [-0.05, 0) is 54.4 Å². The largest absolute Gasteiger partial charge is 0.444 e. The molecule has 1 saturated heterocycles. The number of carbonyl (C=O) groups excluding carboxylic acids is 1. The van der Waals surface area contributed by atoms with Gasteiger partial charge in [-0.1, -0.05) is 0 Å². The fraction of sp³-hybridized carbons (Fsp3) is 0.650. The average molecular weight is 402 g/mol. The first-order valence-electron chi connectivity index (χ1n) is 10.1. The van der Waals surface area contributed by atoms with Crippen molar-refractivity contribution < 1.29 is 9.53 Å². The van der Waals surface area contributed by atoms with Crippen molar-refractivity contribution in [2.24, 2.45) is 0 Å². The zero-order valence-electron chi connectivity index (χ0n) is 18.0. The van der Waals surface area contributed by atoms with Gasteiger partial charge in [-0.15, -0.1) is 0 Å². The second-order valence-corrected chi connectivity index (χ2v) is 8.79. The van der Waals surface area contributed by atoms with Crippen LogP contribution in [0.1, 0.15) is 59.2 Å². The van der Waals surface area contributed by atoms with Crippen LogP contribution in [0.5, 0.6) is 0 Å². The molecule has 1 N–H and O–H groups in total. The highest BCUT2D eigenvalue weighted by Crippen LogP contribution is 2.25. The average Bonchev–Trinajstić information content (AvgIpc) is 2.59. The number of fused-ring (bicyclic) bond motifs is 1. The molecule has 2 aromatic heterocycles. The third-order valence-electron chi connectivity index (χ3n) is 4.64. The number of amides is 1. The van der Waals surface area contributed by atoms with Crippen molar-refractivity contribution >= 4 is 23.2 Å². The first-order valence-corrected chi connectivity index (χ1v) is 10.1. The van der Waals surface area contributed by atoms with Crippen molar-refractivity contribution in [1.82, 2.24) is 24.4 Å². The van der Waals surface area contributed by atoms with Crippen LogP contribution in [0.15, 0.2) is 11.0 Å². The van der Waals surface area contributed by atoms with Gasteiger partial charge in [0.2, 0.25) is 5.95 Å². The Balaban J connectivity index is 1.99. The normalized spacial score (nSPS) is 17.6. The summed E-state index contributed by atoms with van der Waals surface area (Å²) >= 11 is 0. The molecule has 1 amide bonds. The highest BCUT2D eigenvalue weighted by molar-refractivity contribution is 5.74. The van der Waals surface area contributed by atoms with Crippen molar-refractivity contribution in [2.75, 3.05) is 18.4 Å². The van der Waals surface area contributed by atoms with Crippen LogP contribution >= 0.6 is 0 Å². The molecule has 9 nitrogen and oxygen atoms in total. The van der Waals surface area contributed by atoms with E-state index in [-0.39, 0.29) is 23.7 Å². The Morgan fingerprint density at radius 2 is 2.03 bits per heavy atom. The third kappa shape index (κ3) is 4.83. The summed E-state index contributed by atoms with van der Waals surface area (Å²) in [4.78, 5) is 40.3. The number of hydrogen-bond donors (Lipinski definition) is 1. The van der Waals surface area contributed by atoms with Crippen molar-refractivity contribution in [3.05, 3.63) is 22.2 Å². The highest BCUT2D eigenvalue weighted by atomic mass is 16.6. The molecule has 0 saturated carbocycles. The van der Waals surface area contributed by atoms with E-state index in [9.17, 15) is 9.59 Å². The van der Waals surface area contributed by atoms with Crippen molar-refractivity contribution in [1.29, 1.82) is 0 Å². The van der Waals surface area contributed by atoms with E-state index in [1.54, 1.807) is 9.47 Å². The standard InChI is InChI=1S/C20H30N6O3/c1-12(2)22-18-23-13(3)16-17(24-18)26(15(27)10-21-16)14-8-7-9-25(11-14)19(28)29-20(4,5)6/h10,12,14H,7-9,11H2,1-6H3,(H,22,23,24)/t14-/m0/s1. The molecule has 0 spiro atoms. The predicted octanol–water partition coefficient (Wildman–Crippen LogP) is 2.89. The van der Waals surface area contributed by atoms with E-state index in [2.05, 4.69) is 20.3 Å². The second kappa shape index (κ2) is 7.96. The fourth-order valence-corrected chi connectivity index (χ4v) is 3.49. The lowest BCUT2D eigenvalue weighted by Gasteiger charge is -2.35. The molecule has 0 bridgehead atoms. The van der Waals surface area contributed by atoms with Gasteiger partial charge < -0.3 is 15.0 Å². The molecule has 0 unspecified atom stereocenters. The van der Waals surface area contributed by atoms with E-state index in [1.165, 1.54) is 6.20 Å². The van der Waals surface area contributed by atoms with Gasteiger partial charge in [0.15, 0.2) is 5.65 Å². The maximum atomic E-state index is 12.8. The van der Waals surface area contributed by atoms with E-state index in [1.807, 2.05) is 41.5 Å². The van der Waals surface area contributed by atoms with Crippen LogP contribution in [0.2, 0.25) is 0 Å². The molecule has 1 atom stereocenters. The van der Waals surface area contributed by atoms with Gasteiger partial charge in [-0.3, -0.25) is 9.36 Å². The number of aryl methyl sites for hydroxylation is 1. The Labute approximate surface area is 170 Å². The molecule has 1 fully saturated rings. The second-order valence-electron chi connectivity index (χ2n) is 8.79. The Kier molecular flexibility index (Phi) is 5.77. The van der Waals surface area contributed by atoms with Crippen LogP contribution in [0.4, 0.5) is 10.7 Å². The number of aromatic nitrogens is 4. The van der Waals surface area contributed by atoms with Gasteiger partial charge in [0.05, 0.1) is 17.9 Å². The highest BCUT2D eigenvalue weighted by Gasteiger charge is 2.30. The quantitative estimate of drug-likeness (QED) is 0.842. The van der Waals surface area contributed by atoms with Crippen LogP contribution in [0.25, 0.3) is 11.2 Å². The lowest BCUT2D eigenvalue weighted by atomic mass is 10.1. The lowest BCUT2D eigenvalue weighted by Crippen LogP contribution is -2.45. The maximum Gasteiger partial charge on any atom is 0.410 e. The summed E-state index contributed by atoms with van der Waals surface area (Å²) in [7, 11) is 0. The lowest BCUT2D eigenvalue weighted by molar-refractivity contribution is 0.0172. The SMILES string of the molecule is Cc1nc(NC(C)C)nc2c1ncc(=O)n2[C@H]1CCCN(C(=O)OC(C)(C)C)C1. The number of piperidine rings is 1. The summed E-state index contributed by atoms with van der Waals surface area (Å²) in [6, 6.07) is -0.0449. The first kappa shape index (κ1) is 21.0. The predicted molar refractivity (Wildman–Crippen MR) is 111 cm³/mol. The van der Waals surface area contributed by atoms with E-state index in [0.29, 0.717) is 35.9 Å². The molecule has 1 aliphatic heterocycles. The van der Waals surface area contributed by atoms with Gasteiger partial charge in [-0.25, -0.2) is 14.8 Å². The van der Waals surface area contributed by atoms with Crippen LogP contribution < -0.4 is 10.9 Å². The van der Waals surface area contributed by atoms with Crippen LogP contribution in [-0.2, 0) is 4.74 Å². The minimum Gasteiger partial charge on any atom is -0.444 e. The Morgan fingerprint density at radius 3 is 2.69 bits per heavy atom. The van der Waals surface area contributed by atoms with Gasteiger partial charge in [-0.2, -0.15) is 4.98 Å². The molecule has 3 heterocycles. The van der Waals surface area contributed by atoms with E-state index in [4.69, 9.17) is 4.74 Å². The molecule has 29 heavy (non-hydrogen) atoms. The molecule has 158 valence electrons. The number of ether oxygens (including phenoxy) is 1. The molecular formula is C20H30N6O3. The number of nitrogens with one attached hydrogen (secondary N) is 1. The van der Waals surface area contributed by atoms with Crippen LogP contribution in [-0.4, -0.2) is 55.2 Å². The molecule has 0 aliphatic carbocycles. The number of likely N-dealkylation sites (tertiary alicyclic amines) is 1. The molecule has 1 aliphatic rings. The smallest absolute Gasteiger partial charge is 0.410 e. The summed E-state index contributed by atoms with van der Waals surface area (Å²) in [6.07, 6.45) is 2.50. The van der Waals surface area contributed by atoms with Crippen LogP contribution in [0, 0.1) is 6.92 Å². The van der Waals surface area contributed by atoms with Crippen molar-refractivity contribution in [2.45, 2.75) is 72.1 Å². The molecular weight excluding hydrogens is 372 g/mol. The molecule has 2 aromatic rings. The summed E-state index contributed by atoms with van der Waals surface area (Å²) in [6.45, 7) is 12.4.